The van der Waals surface area contributed by atoms with Gasteiger partial charge in [-0.25, -0.2) is 45.5 Å². The lowest BCUT2D eigenvalue weighted by molar-refractivity contribution is -0.191. The fraction of sp³-hybridized carbons (Fsp3) is 0.147. The van der Waals surface area contributed by atoms with Gasteiger partial charge in [0, 0.05) is 41.4 Å². The molecular formula is C34H34N18O8S4. The first-order valence-corrected chi connectivity index (χ1v) is 23.7. The lowest BCUT2D eigenvalue weighted by atomic mass is 9.98. The number of benzene rings is 4. The first-order chi connectivity index (χ1) is 30.5. The summed E-state index contributed by atoms with van der Waals surface area (Å²) in [6, 6.07) is 16.8. The van der Waals surface area contributed by atoms with Crippen molar-refractivity contribution >= 4 is 81.8 Å². The predicted molar refractivity (Wildman–Crippen MR) is 230 cm³/mol. The van der Waals surface area contributed by atoms with Crippen molar-refractivity contribution < 1.29 is 34.8 Å². The molecule has 0 saturated carbocycles. The van der Waals surface area contributed by atoms with Crippen molar-refractivity contribution in [3.05, 3.63) is 60.7 Å². The Hall–Kier alpha value is -7.02. The number of hydrogen-bond acceptors (Lipinski definition) is 21. The lowest BCUT2D eigenvalue weighted by Gasteiger charge is -2.28. The summed E-state index contributed by atoms with van der Waals surface area (Å²) in [4.78, 5) is 30.1. The Kier molecular flexibility index (Phi) is 12.7. The maximum Gasteiger partial charge on any atom is 0.373 e. The molecule has 1 aliphatic rings. The maximum absolute atomic E-state index is 13.2. The maximum atomic E-state index is 13.2. The quantitative estimate of drug-likeness (QED) is 0.0730. The van der Waals surface area contributed by atoms with Gasteiger partial charge in [-0.2, -0.15) is 20.0 Å². The van der Waals surface area contributed by atoms with Crippen LogP contribution in [0.4, 0.5) is 11.9 Å². The molecule has 4 aromatic carbocycles. The van der Waals surface area contributed by atoms with Crippen LogP contribution in [0, 0.1) is 0 Å². The first-order valence-electron chi connectivity index (χ1n) is 18.1. The molecule has 0 aliphatic carbocycles. The number of aromatic nitrogens is 12. The van der Waals surface area contributed by atoms with Crippen LogP contribution in [0.15, 0.2) is 80.2 Å². The van der Waals surface area contributed by atoms with Gasteiger partial charge in [-0.15, -0.1) is 32.2 Å². The highest BCUT2D eigenvalue weighted by molar-refractivity contribution is 8.00. The summed E-state index contributed by atoms with van der Waals surface area (Å²) in [6.07, 6.45) is 0.250. The van der Waals surface area contributed by atoms with Crippen LogP contribution in [0.3, 0.4) is 0 Å². The lowest BCUT2D eigenvalue weighted by Crippen LogP contribution is -2.51. The summed E-state index contributed by atoms with van der Waals surface area (Å²) < 4.78 is 77.1. The number of sulfonamides is 2. The molecule has 0 bridgehead atoms. The number of H-pyrrole nitrogens is 4. The summed E-state index contributed by atoms with van der Waals surface area (Å²) >= 11 is 1.28. The van der Waals surface area contributed by atoms with Crippen LogP contribution in [-0.2, 0) is 39.5 Å². The topological polar surface area (TPSA) is 445 Å². The van der Waals surface area contributed by atoms with Gasteiger partial charge in [-0.3, -0.25) is 0 Å². The van der Waals surface area contributed by atoms with E-state index in [0.717, 1.165) is 0 Å². The van der Waals surface area contributed by atoms with Crippen molar-refractivity contribution in [2.45, 2.75) is 24.8 Å². The second-order valence-electron chi connectivity index (χ2n) is 13.4. The van der Waals surface area contributed by atoms with E-state index in [2.05, 4.69) is 66.5 Å². The van der Waals surface area contributed by atoms with Gasteiger partial charge in [0.2, 0.25) is 31.7 Å². The molecule has 64 heavy (non-hydrogen) atoms. The Labute approximate surface area is 365 Å². The Morgan fingerprint density at radius 1 is 0.672 bits per heavy atom. The molecule has 1 aliphatic heterocycles. The molecule has 332 valence electrons. The Morgan fingerprint density at radius 3 is 1.58 bits per heavy atom. The summed E-state index contributed by atoms with van der Waals surface area (Å²) in [6.45, 7) is 0.787. The number of fused-ring (bicyclic) bond motifs is 2. The van der Waals surface area contributed by atoms with E-state index in [1.807, 2.05) is 12.1 Å². The molecule has 0 atom stereocenters. The highest BCUT2D eigenvalue weighted by Gasteiger charge is 2.39. The minimum Gasteiger partial charge on any atom is -0.369 e. The fourth-order valence-electron chi connectivity index (χ4n) is 6.83. The Bertz CT molecular complexity index is 3390. The summed E-state index contributed by atoms with van der Waals surface area (Å²) in [5, 5.41) is 40.8. The number of tetrazole rings is 2. The van der Waals surface area contributed by atoms with Crippen molar-refractivity contribution in [3.63, 3.8) is 0 Å². The number of nitrogens with one attached hydrogen (secondary N) is 5. The average Bonchev–Trinajstić information content (AvgIpc) is 4.05. The van der Waals surface area contributed by atoms with Gasteiger partial charge in [0.05, 0.1) is 43.3 Å². The third-order valence-corrected chi connectivity index (χ3v) is 15.0. The van der Waals surface area contributed by atoms with Gasteiger partial charge in [-0.05, 0) is 45.8 Å². The van der Waals surface area contributed by atoms with Crippen LogP contribution in [0.2, 0.25) is 0 Å². The highest BCUT2D eigenvalue weighted by atomic mass is 32.2. The zero-order valence-corrected chi connectivity index (χ0v) is 35.8. The minimum atomic E-state index is -4.54. The molecule has 9 rings (SSSR count). The van der Waals surface area contributed by atoms with E-state index in [1.165, 1.54) is 23.9 Å². The smallest absolute Gasteiger partial charge is 0.369 e. The largest absolute Gasteiger partial charge is 0.373 e. The molecule has 1 saturated heterocycles. The molecule has 30 heteroatoms. The van der Waals surface area contributed by atoms with Crippen LogP contribution < -0.4 is 32.8 Å². The van der Waals surface area contributed by atoms with Gasteiger partial charge in [-0.1, -0.05) is 36.4 Å². The van der Waals surface area contributed by atoms with E-state index in [-0.39, 0.29) is 58.8 Å². The average molecular weight is 951 g/mol. The van der Waals surface area contributed by atoms with Gasteiger partial charge < -0.3 is 32.5 Å². The second-order valence-corrected chi connectivity index (χ2v) is 19.7. The molecule has 0 radical (unpaired) electrons. The monoisotopic (exact) mass is 950 g/mol. The molecule has 4 aromatic heterocycles. The van der Waals surface area contributed by atoms with Crippen LogP contribution in [-0.4, -0.2) is 123 Å². The molecule has 1 fully saturated rings. The Balaban J connectivity index is 0.000000181. The molecular weight excluding hydrogens is 917 g/mol. The summed E-state index contributed by atoms with van der Waals surface area (Å²) in [7, 11) is -12.7. The molecule has 5 heterocycles. The van der Waals surface area contributed by atoms with Gasteiger partial charge in [0.1, 0.15) is 9.79 Å². The van der Waals surface area contributed by atoms with Crippen LogP contribution in [0.1, 0.15) is 0 Å². The van der Waals surface area contributed by atoms with Crippen molar-refractivity contribution in [1.29, 1.82) is 0 Å². The minimum absolute atomic E-state index is 0.0876. The number of nitrogen functional groups attached to an aromatic ring is 2. The van der Waals surface area contributed by atoms with Gasteiger partial charge in [0.25, 0.3) is 0 Å². The third kappa shape index (κ3) is 8.79. The molecule has 0 spiro atoms. The zero-order chi connectivity index (χ0) is 46.0. The highest BCUT2D eigenvalue weighted by Crippen LogP contribution is 2.43. The SMILES string of the molecule is NCCSc1ccc(-c2cccc3[nH]c(N)nc23)c(-c2nn[nH]n2)c1S(N)(=O)=O.Nc1nc2c(-c3ccc(S(=O)(=O)C4CNC4)c(S(N)(=O)=O)c3-c3nn[nH]n3)cccc2[nH]1.O=C=O. The van der Waals surface area contributed by atoms with E-state index >= 15 is 0 Å². The fourth-order valence-corrected chi connectivity index (χ4v) is 12.1. The number of hydrogen-bond donors (Lipinski definition) is 10. The molecule has 0 amide bonds. The van der Waals surface area contributed by atoms with Crippen LogP contribution >= 0.6 is 11.8 Å². The van der Waals surface area contributed by atoms with Crippen molar-refractivity contribution in [1.82, 2.24) is 66.5 Å². The number of para-hydroxylation sites is 2. The molecule has 8 aromatic rings. The van der Waals surface area contributed by atoms with E-state index in [9.17, 15) is 25.3 Å². The number of rotatable bonds is 11. The number of thioether (sulfide) groups is 1. The van der Waals surface area contributed by atoms with Crippen LogP contribution in [0.5, 0.6) is 0 Å². The summed E-state index contributed by atoms with van der Waals surface area (Å²) in [5.41, 5.74) is 21.6. The number of aromatic amines is 4. The predicted octanol–water partition coefficient (Wildman–Crippen LogP) is -0.508. The van der Waals surface area contributed by atoms with Gasteiger partial charge in [0.15, 0.2) is 21.7 Å². The van der Waals surface area contributed by atoms with E-state index < -0.39 is 44.9 Å². The molecule has 0 unspecified atom stereocenters. The summed E-state index contributed by atoms with van der Waals surface area (Å²) in [5.74, 6) is 0.888. The number of sulfone groups is 1. The number of carbonyl (C=O) groups excluding carboxylic acids is 2. The van der Waals surface area contributed by atoms with Crippen molar-refractivity contribution in [2.24, 2.45) is 16.0 Å². The first kappa shape index (κ1) is 45.0. The number of primary sulfonamides is 2. The second kappa shape index (κ2) is 18.0. The van der Waals surface area contributed by atoms with Crippen molar-refractivity contribution in [2.75, 3.05) is 36.9 Å². The van der Waals surface area contributed by atoms with E-state index in [1.54, 1.807) is 36.4 Å². The number of anilines is 2. The zero-order valence-electron chi connectivity index (χ0n) is 32.5. The number of nitrogens with two attached hydrogens (primary N) is 5. The Morgan fingerprint density at radius 2 is 1.16 bits per heavy atom. The molecule has 15 N–H and O–H groups in total. The van der Waals surface area contributed by atoms with Crippen molar-refractivity contribution in [3.8, 4) is 45.0 Å². The van der Waals surface area contributed by atoms with E-state index in [0.29, 0.717) is 61.5 Å². The number of nitrogens with zero attached hydrogens (tertiary/aromatic N) is 8. The van der Waals surface area contributed by atoms with Crippen LogP contribution in [0.25, 0.3) is 67.1 Å². The van der Waals surface area contributed by atoms with Gasteiger partial charge >= 0.3 is 6.15 Å². The standard InChI is InChI=1S/C17H17N9O4S2.C16H17N9O2S2.CO2/c18-17-21-11-3-1-2-10(14(11)22-17)9-4-5-12(31(27,28)8-6-20-7-8)15(32(19,29)30)13(9)16-23-25-26-24-16;17-6-7-28-11-5-4-8(9-2-1-3-10-13(9)21-16(18)20-10)12(14(11)29(19,26)27)15-22-24-25-23-15;2-1-3/h1-5,8,20H,6-7H2,(H3,18,21,22)(H2,19,29,30)(H,23,24,25,26);1-5H,6-7,17H2,(H3,18,20,21)(H2,19,26,27)(H,22,23,24,25);. The third-order valence-electron chi connectivity index (χ3n) is 9.46. The number of imidazole rings is 2. The van der Waals surface area contributed by atoms with E-state index in [4.69, 9.17) is 37.1 Å². The normalized spacial score (nSPS) is 13.1. The molecule has 26 nitrogen and oxygen atoms in total.